The van der Waals surface area contributed by atoms with Gasteiger partial charge >= 0.3 is 0 Å². The average Bonchev–Trinajstić information content (AvgIpc) is 3.03. The van der Waals surface area contributed by atoms with E-state index in [1.54, 1.807) is 0 Å². The van der Waals surface area contributed by atoms with E-state index in [0.717, 1.165) is 53.3 Å². The highest BCUT2D eigenvalue weighted by atomic mass is 16.3. The SMILES string of the molecule is c1ccc(-c2ccc(CNC3C4CC5CC(C4)CC3C5)o2)cc1. The molecule has 0 amide bonds. The number of nitrogens with one attached hydrogen (secondary N) is 1. The third kappa shape index (κ3) is 2.53. The van der Waals surface area contributed by atoms with Gasteiger partial charge in [-0.1, -0.05) is 30.3 Å². The second kappa shape index (κ2) is 5.52. The Kier molecular flexibility index (Phi) is 3.33. The van der Waals surface area contributed by atoms with Crippen molar-refractivity contribution in [2.45, 2.75) is 44.7 Å². The highest BCUT2D eigenvalue weighted by molar-refractivity contribution is 5.57. The highest BCUT2D eigenvalue weighted by Gasteiger charge is 2.47. The van der Waals surface area contributed by atoms with Crippen molar-refractivity contribution < 1.29 is 4.42 Å². The first-order chi connectivity index (χ1) is 11.3. The summed E-state index contributed by atoms with van der Waals surface area (Å²) in [4.78, 5) is 0. The molecule has 4 bridgehead atoms. The third-order valence-corrected chi connectivity index (χ3v) is 6.46. The Morgan fingerprint density at radius 3 is 2.22 bits per heavy atom. The van der Waals surface area contributed by atoms with Gasteiger partial charge < -0.3 is 9.73 Å². The molecule has 4 aliphatic rings. The molecule has 4 saturated carbocycles. The van der Waals surface area contributed by atoms with Gasteiger partial charge in [0.15, 0.2) is 0 Å². The molecule has 0 radical (unpaired) electrons. The molecule has 2 heteroatoms. The first kappa shape index (κ1) is 13.9. The maximum Gasteiger partial charge on any atom is 0.134 e. The molecule has 120 valence electrons. The van der Waals surface area contributed by atoms with Gasteiger partial charge in [-0.15, -0.1) is 0 Å². The van der Waals surface area contributed by atoms with Gasteiger partial charge in [0.25, 0.3) is 0 Å². The lowest BCUT2D eigenvalue weighted by Crippen LogP contribution is -2.54. The monoisotopic (exact) mass is 307 g/mol. The van der Waals surface area contributed by atoms with Crippen LogP contribution in [0.4, 0.5) is 0 Å². The van der Waals surface area contributed by atoms with E-state index in [4.69, 9.17) is 4.42 Å². The van der Waals surface area contributed by atoms with Gasteiger partial charge in [-0.25, -0.2) is 0 Å². The molecular weight excluding hydrogens is 282 g/mol. The molecule has 1 heterocycles. The van der Waals surface area contributed by atoms with Crippen molar-refractivity contribution in [1.82, 2.24) is 5.32 Å². The van der Waals surface area contributed by atoms with E-state index < -0.39 is 0 Å². The summed E-state index contributed by atoms with van der Waals surface area (Å²) in [6.45, 7) is 0.875. The Hall–Kier alpha value is -1.54. The Labute approximate surface area is 138 Å². The van der Waals surface area contributed by atoms with E-state index in [-0.39, 0.29) is 0 Å². The molecule has 2 aromatic rings. The minimum Gasteiger partial charge on any atom is -0.460 e. The Morgan fingerprint density at radius 1 is 0.826 bits per heavy atom. The fraction of sp³-hybridized carbons (Fsp3) is 0.524. The van der Waals surface area contributed by atoms with E-state index in [2.05, 4.69) is 41.7 Å². The van der Waals surface area contributed by atoms with Crippen LogP contribution in [-0.4, -0.2) is 6.04 Å². The second-order valence-corrected chi connectivity index (χ2v) is 7.97. The van der Waals surface area contributed by atoms with Crippen LogP contribution >= 0.6 is 0 Å². The van der Waals surface area contributed by atoms with Crippen LogP contribution in [0.2, 0.25) is 0 Å². The molecule has 6 rings (SSSR count). The van der Waals surface area contributed by atoms with Gasteiger partial charge in [-0.05, 0) is 67.9 Å². The zero-order chi connectivity index (χ0) is 15.2. The van der Waals surface area contributed by atoms with Crippen LogP contribution in [0.3, 0.4) is 0 Å². The van der Waals surface area contributed by atoms with Crippen molar-refractivity contribution in [3.8, 4) is 11.3 Å². The molecule has 0 saturated heterocycles. The molecule has 4 fully saturated rings. The minimum atomic E-state index is 0.730. The maximum atomic E-state index is 6.05. The predicted molar refractivity (Wildman–Crippen MR) is 91.8 cm³/mol. The van der Waals surface area contributed by atoms with E-state index in [1.807, 2.05) is 6.07 Å². The smallest absolute Gasteiger partial charge is 0.134 e. The fourth-order valence-corrected chi connectivity index (χ4v) is 5.71. The average molecular weight is 307 g/mol. The number of hydrogen-bond donors (Lipinski definition) is 1. The van der Waals surface area contributed by atoms with Crippen LogP contribution in [0.15, 0.2) is 46.9 Å². The standard InChI is InChI=1S/C21H25NO/c1-2-4-16(5-3-1)20-7-6-19(23-20)13-22-21-17-9-14-8-15(11-17)12-18(21)10-14/h1-7,14-15,17-18,21-22H,8-13H2. The van der Waals surface area contributed by atoms with Crippen molar-refractivity contribution in [2.24, 2.45) is 23.7 Å². The lowest BCUT2D eigenvalue weighted by Gasteiger charge is -2.54. The van der Waals surface area contributed by atoms with E-state index in [1.165, 1.54) is 32.1 Å². The third-order valence-electron chi connectivity index (χ3n) is 6.46. The fourth-order valence-electron chi connectivity index (χ4n) is 5.71. The lowest BCUT2D eigenvalue weighted by molar-refractivity contribution is -0.0147. The van der Waals surface area contributed by atoms with Crippen molar-refractivity contribution in [3.05, 3.63) is 48.2 Å². The van der Waals surface area contributed by atoms with Gasteiger partial charge in [-0.2, -0.15) is 0 Å². The normalized spacial score (nSPS) is 34.9. The lowest BCUT2D eigenvalue weighted by atomic mass is 9.54. The Morgan fingerprint density at radius 2 is 1.52 bits per heavy atom. The van der Waals surface area contributed by atoms with Crippen LogP contribution in [0.1, 0.15) is 37.9 Å². The largest absolute Gasteiger partial charge is 0.460 e. The maximum absolute atomic E-state index is 6.05. The van der Waals surface area contributed by atoms with E-state index >= 15 is 0 Å². The molecule has 4 aliphatic carbocycles. The van der Waals surface area contributed by atoms with Crippen molar-refractivity contribution in [3.63, 3.8) is 0 Å². The highest BCUT2D eigenvalue weighted by Crippen LogP contribution is 2.53. The molecule has 1 aromatic heterocycles. The van der Waals surface area contributed by atoms with Crippen molar-refractivity contribution in [1.29, 1.82) is 0 Å². The summed E-state index contributed by atoms with van der Waals surface area (Å²) in [5, 5.41) is 3.85. The van der Waals surface area contributed by atoms with Gasteiger partial charge in [0.2, 0.25) is 0 Å². The summed E-state index contributed by atoms with van der Waals surface area (Å²) in [6, 6.07) is 15.3. The summed E-state index contributed by atoms with van der Waals surface area (Å²) >= 11 is 0. The molecule has 0 atom stereocenters. The quantitative estimate of drug-likeness (QED) is 0.872. The minimum absolute atomic E-state index is 0.730. The second-order valence-electron chi connectivity index (χ2n) is 7.97. The topological polar surface area (TPSA) is 25.2 Å². The molecule has 2 nitrogen and oxygen atoms in total. The molecule has 0 aliphatic heterocycles. The molecule has 0 spiro atoms. The van der Waals surface area contributed by atoms with Crippen molar-refractivity contribution in [2.75, 3.05) is 0 Å². The predicted octanol–water partition coefficient (Wildman–Crippen LogP) is 4.86. The van der Waals surface area contributed by atoms with Gasteiger partial charge in [0, 0.05) is 11.6 Å². The number of benzene rings is 1. The summed E-state index contributed by atoms with van der Waals surface area (Å²) in [6.07, 6.45) is 7.41. The zero-order valence-corrected chi connectivity index (χ0v) is 13.6. The van der Waals surface area contributed by atoms with E-state index in [0.29, 0.717) is 0 Å². The number of rotatable bonds is 4. The molecule has 1 aromatic carbocycles. The van der Waals surface area contributed by atoms with Crippen molar-refractivity contribution >= 4 is 0 Å². The Balaban J connectivity index is 1.26. The first-order valence-corrected chi connectivity index (χ1v) is 9.22. The first-order valence-electron chi connectivity index (χ1n) is 9.22. The number of furan rings is 1. The molecule has 0 unspecified atom stereocenters. The Bertz CT molecular complexity index is 646. The zero-order valence-electron chi connectivity index (χ0n) is 13.6. The van der Waals surface area contributed by atoms with Crippen LogP contribution in [0, 0.1) is 23.7 Å². The van der Waals surface area contributed by atoms with E-state index in [9.17, 15) is 0 Å². The van der Waals surface area contributed by atoms with Crippen LogP contribution < -0.4 is 5.32 Å². The summed E-state index contributed by atoms with van der Waals surface area (Å²) in [5.74, 6) is 5.99. The van der Waals surface area contributed by atoms with Crippen LogP contribution in [0.25, 0.3) is 11.3 Å². The van der Waals surface area contributed by atoms with Crippen LogP contribution in [-0.2, 0) is 6.54 Å². The van der Waals surface area contributed by atoms with Gasteiger partial charge in [0.05, 0.1) is 6.54 Å². The molecule has 23 heavy (non-hydrogen) atoms. The molecule has 1 N–H and O–H groups in total. The molecular formula is C21H25NO. The van der Waals surface area contributed by atoms with Crippen LogP contribution in [0.5, 0.6) is 0 Å². The summed E-state index contributed by atoms with van der Waals surface area (Å²) < 4.78 is 6.05. The van der Waals surface area contributed by atoms with Gasteiger partial charge in [0.1, 0.15) is 11.5 Å². The summed E-state index contributed by atoms with van der Waals surface area (Å²) in [7, 11) is 0. The van der Waals surface area contributed by atoms with Gasteiger partial charge in [-0.3, -0.25) is 0 Å². The number of hydrogen-bond acceptors (Lipinski definition) is 2. The summed E-state index contributed by atoms with van der Waals surface area (Å²) in [5.41, 5.74) is 1.16.